The molecule has 0 bridgehead atoms. The fourth-order valence-electron chi connectivity index (χ4n) is 3.86. The van der Waals surface area contributed by atoms with Crippen LogP contribution in [0.5, 0.6) is 0 Å². The van der Waals surface area contributed by atoms with E-state index in [9.17, 15) is 19.5 Å². The number of rotatable bonds is 4. The number of carbonyl (C=O) groups excluding carboxylic acids is 2. The van der Waals surface area contributed by atoms with Crippen molar-refractivity contribution in [3.05, 3.63) is 29.8 Å². The lowest BCUT2D eigenvalue weighted by Crippen LogP contribution is -2.49. The highest BCUT2D eigenvalue weighted by atomic mass is 16.4. The quantitative estimate of drug-likeness (QED) is 0.902. The lowest BCUT2D eigenvalue weighted by Gasteiger charge is -2.37. The average molecular weight is 344 g/mol. The summed E-state index contributed by atoms with van der Waals surface area (Å²) in [5, 5.41) is 9.22. The van der Waals surface area contributed by atoms with E-state index in [-0.39, 0.29) is 24.0 Å². The van der Waals surface area contributed by atoms with E-state index in [1.165, 1.54) is 0 Å². The topological polar surface area (TPSA) is 77.9 Å². The lowest BCUT2D eigenvalue weighted by molar-refractivity contribution is -0.142. The Kier molecular flexibility index (Phi) is 5.06. The van der Waals surface area contributed by atoms with Crippen LogP contribution in [0.1, 0.15) is 37.7 Å². The van der Waals surface area contributed by atoms with Crippen LogP contribution in [-0.4, -0.2) is 53.8 Å². The first-order valence-electron chi connectivity index (χ1n) is 8.88. The number of hydrogen-bond acceptors (Lipinski definition) is 4. The minimum absolute atomic E-state index is 0.0136. The van der Waals surface area contributed by atoms with Crippen LogP contribution in [0.3, 0.4) is 0 Å². The normalized spacial score (nSPS) is 23.8. The Morgan fingerprint density at radius 3 is 2.44 bits per heavy atom. The third-order valence-corrected chi connectivity index (χ3v) is 5.29. The maximum Gasteiger partial charge on any atom is 0.306 e. The summed E-state index contributed by atoms with van der Waals surface area (Å²) in [5.41, 5.74) is 1.92. The molecule has 6 nitrogen and oxygen atoms in total. The van der Waals surface area contributed by atoms with Gasteiger partial charge in [0, 0.05) is 50.6 Å². The summed E-state index contributed by atoms with van der Waals surface area (Å²) in [6.07, 6.45) is 1.01. The maximum atomic E-state index is 12.4. The third-order valence-electron chi connectivity index (χ3n) is 5.29. The Labute approximate surface area is 147 Å². The minimum Gasteiger partial charge on any atom is -0.481 e. The van der Waals surface area contributed by atoms with Crippen molar-refractivity contribution in [1.82, 2.24) is 4.90 Å². The summed E-state index contributed by atoms with van der Waals surface area (Å²) in [7, 11) is 0. The highest BCUT2D eigenvalue weighted by molar-refractivity contribution is 5.94. The van der Waals surface area contributed by atoms with E-state index in [0.29, 0.717) is 25.9 Å². The van der Waals surface area contributed by atoms with Crippen molar-refractivity contribution in [2.45, 2.75) is 32.1 Å². The van der Waals surface area contributed by atoms with E-state index < -0.39 is 11.9 Å². The van der Waals surface area contributed by atoms with Crippen LogP contribution in [0.25, 0.3) is 0 Å². The molecule has 1 N–H and O–H groups in total. The molecule has 0 spiro atoms. The van der Waals surface area contributed by atoms with E-state index in [4.69, 9.17) is 0 Å². The third kappa shape index (κ3) is 3.52. The molecule has 1 aromatic rings. The molecule has 2 fully saturated rings. The number of nitrogens with zero attached hydrogens (tertiary/aromatic N) is 2. The van der Waals surface area contributed by atoms with Crippen molar-refractivity contribution in [2.75, 3.05) is 31.1 Å². The molecule has 0 unspecified atom stereocenters. The first-order valence-corrected chi connectivity index (χ1v) is 8.88. The molecule has 0 aromatic heterocycles. The van der Waals surface area contributed by atoms with Crippen molar-refractivity contribution in [3.63, 3.8) is 0 Å². The second-order valence-corrected chi connectivity index (χ2v) is 6.77. The number of piperazine rings is 1. The molecule has 1 saturated heterocycles. The maximum absolute atomic E-state index is 12.4. The first-order chi connectivity index (χ1) is 12.0. The van der Waals surface area contributed by atoms with Gasteiger partial charge in [-0.05, 0) is 18.1 Å². The molecule has 1 amide bonds. The van der Waals surface area contributed by atoms with Crippen molar-refractivity contribution < 1.29 is 19.5 Å². The molecule has 6 heteroatoms. The predicted molar refractivity (Wildman–Crippen MR) is 93.6 cm³/mol. The van der Waals surface area contributed by atoms with E-state index in [1.54, 1.807) is 0 Å². The largest absolute Gasteiger partial charge is 0.481 e. The monoisotopic (exact) mass is 344 g/mol. The molecule has 25 heavy (non-hydrogen) atoms. The standard InChI is InChI=1S/C19H24N2O4/c1-2-18(23)21-9-7-20(8-10-21)16-6-4-3-5-14(16)15-11-13(19(24)25)12-17(15)22/h3-6,13,15H,2,7-12H2,1H3,(H,24,25)/t13-,15-/m0/s1. The highest BCUT2D eigenvalue weighted by Crippen LogP contribution is 2.40. The molecule has 1 heterocycles. The van der Waals surface area contributed by atoms with Crippen molar-refractivity contribution in [1.29, 1.82) is 0 Å². The molecule has 2 aliphatic rings. The predicted octanol–water partition coefficient (Wildman–Crippen LogP) is 1.89. The van der Waals surface area contributed by atoms with E-state index in [1.807, 2.05) is 36.1 Å². The molecule has 3 rings (SSSR count). The Balaban J connectivity index is 1.77. The van der Waals surface area contributed by atoms with E-state index in [0.717, 1.165) is 24.3 Å². The fraction of sp³-hybridized carbons (Fsp3) is 0.526. The van der Waals surface area contributed by atoms with Gasteiger partial charge in [0.1, 0.15) is 5.78 Å². The number of anilines is 1. The second kappa shape index (κ2) is 7.25. The lowest BCUT2D eigenvalue weighted by atomic mass is 9.93. The average Bonchev–Trinajstić information content (AvgIpc) is 3.03. The molecule has 1 saturated carbocycles. The summed E-state index contributed by atoms with van der Waals surface area (Å²) in [6, 6.07) is 7.77. The highest BCUT2D eigenvalue weighted by Gasteiger charge is 2.39. The Bertz CT molecular complexity index is 680. The molecule has 1 aromatic carbocycles. The van der Waals surface area contributed by atoms with Gasteiger partial charge in [0.05, 0.1) is 5.92 Å². The van der Waals surface area contributed by atoms with Gasteiger partial charge in [-0.25, -0.2) is 0 Å². The number of aliphatic carboxylic acids is 1. The summed E-state index contributed by atoms with van der Waals surface area (Å²) < 4.78 is 0. The van der Waals surface area contributed by atoms with Gasteiger partial charge in [0.15, 0.2) is 0 Å². The zero-order chi connectivity index (χ0) is 18.0. The minimum atomic E-state index is -0.889. The van der Waals surface area contributed by atoms with Gasteiger partial charge in [-0.2, -0.15) is 0 Å². The number of amides is 1. The second-order valence-electron chi connectivity index (χ2n) is 6.77. The molecular weight excluding hydrogens is 320 g/mol. The number of carboxylic acids is 1. The zero-order valence-corrected chi connectivity index (χ0v) is 14.5. The van der Waals surface area contributed by atoms with Gasteiger partial charge < -0.3 is 14.9 Å². The van der Waals surface area contributed by atoms with Gasteiger partial charge in [0.25, 0.3) is 0 Å². The van der Waals surface area contributed by atoms with Crippen molar-refractivity contribution >= 4 is 23.3 Å². The molecule has 2 atom stereocenters. The number of hydrogen-bond donors (Lipinski definition) is 1. The summed E-state index contributed by atoms with van der Waals surface area (Å²) in [6.45, 7) is 4.68. The number of ketones is 1. The number of para-hydroxylation sites is 1. The van der Waals surface area contributed by atoms with Crippen molar-refractivity contribution in [2.24, 2.45) is 5.92 Å². The van der Waals surface area contributed by atoms with Gasteiger partial charge in [-0.15, -0.1) is 0 Å². The van der Waals surface area contributed by atoms with Crippen LogP contribution in [0, 0.1) is 5.92 Å². The summed E-state index contributed by atoms with van der Waals surface area (Å²) >= 11 is 0. The van der Waals surface area contributed by atoms with Gasteiger partial charge in [-0.3, -0.25) is 14.4 Å². The van der Waals surface area contributed by atoms with Crippen LogP contribution < -0.4 is 4.90 Å². The molecule has 1 aliphatic heterocycles. The molecular formula is C19H24N2O4. The zero-order valence-electron chi connectivity index (χ0n) is 14.5. The van der Waals surface area contributed by atoms with E-state index in [2.05, 4.69) is 4.90 Å². The van der Waals surface area contributed by atoms with Gasteiger partial charge >= 0.3 is 5.97 Å². The number of carbonyl (C=O) groups is 3. The number of Topliss-reactive ketones (excluding diaryl/α,β-unsaturated/α-hetero) is 1. The Hall–Kier alpha value is -2.37. The first kappa shape index (κ1) is 17.5. The molecule has 0 radical (unpaired) electrons. The molecule has 1 aliphatic carbocycles. The Morgan fingerprint density at radius 2 is 1.84 bits per heavy atom. The van der Waals surface area contributed by atoms with Gasteiger partial charge in [-0.1, -0.05) is 25.1 Å². The van der Waals surface area contributed by atoms with Crippen molar-refractivity contribution in [3.8, 4) is 0 Å². The Morgan fingerprint density at radius 1 is 1.16 bits per heavy atom. The van der Waals surface area contributed by atoms with Crippen LogP contribution in [0.15, 0.2) is 24.3 Å². The molecule has 134 valence electrons. The smallest absolute Gasteiger partial charge is 0.306 e. The number of benzene rings is 1. The summed E-state index contributed by atoms with van der Waals surface area (Å²) in [5.74, 6) is -1.62. The SMILES string of the molecule is CCC(=O)N1CCN(c2ccccc2[C@@H]2C[C@H](C(=O)O)CC2=O)CC1. The fourth-order valence-corrected chi connectivity index (χ4v) is 3.86. The number of carboxylic acid groups (broad SMARTS) is 1. The van der Waals surface area contributed by atoms with Crippen LogP contribution >= 0.6 is 0 Å². The van der Waals surface area contributed by atoms with Gasteiger partial charge in [0.2, 0.25) is 5.91 Å². The van der Waals surface area contributed by atoms with Crippen LogP contribution in [0.2, 0.25) is 0 Å². The summed E-state index contributed by atoms with van der Waals surface area (Å²) in [4.78, 5) is 39.5. The van der Waals surface area contributed by atoms with Crippen LogP contribution in [-0.2, 0) is 14.4 Å². The van der Waals surface area contributed by atoms with E-state index >= 15 is 0 Å². The van der Waals surface area contributed by atoms with Crippen LogP contribution in [0.4, 0.5) is 5.69 Å².